The Balaban J connectivity index is 2.18. The summed E-state index contributed by atoms with van der Waals surface area (Å²) in [5.74, 6) is 0. The number of nitrogens with one attached hydrogen (secondary N) is 2. The predicted molar refractivity (Wildman–Crippen MR) is 83.2 cm³/mol. The molecule has 6 nitrogen and oxygen atoms in total. The van der Waals surface area contributed by atoms with Crippen LogP contribution in [0.25, 0.3) is 0 Å². The van der Waals surface area contributed by atoms with Crippen LogP contribution >= 0.6 is 0 Å². The zero-order chi connectivity index (χ0) is 16.0. The number of urea groups is 1. The van der Waals surface area contributed by atoms with Gasteiger partial charge in [0.1, 0.15) is 0 Å². The normalized spacial score (nSPS) is 13.0. The van der Waals surface area contributed by atoms with Gasteiger partial charge in [-0.15, -0.1) is 0 Å². The molecule has 2 amide bonds. The van der Waals surface area contributed by atoms with Gasteiger partial charge in [0.15, 0.2) is 0 Å². The summed E-state index contributed by atoms with van der Waals surface area (Å²) in [6, 6.07) is 1.79. The largest absolute Gasteiger partial charge is 0.391 e. The molecule has 1 aromatic heterocycles. The van der Waals surface area contributed by atoms with E-state index in [-0.39, 0.29) is 18.0 Å². The summed E-state index contributed by atoms with van der Waals surface area (Å²) in [6.45, 7) is 11.4. The average molecular weight is 296 g/mol. The van der Waals surface area contributed by atoms with Crippen LogP contribution in [0.3, 0.4) is 0 Å². The number of rotatable bonds is 6. The number of aliphatic hydroxyl groups excluding tert-OH is 1. The maximum absolute atomic E-state index is 11.6. The van der Waals surface area contributed by atoms with Gasteiger partial charge in [0.05, 0.1) is 11.8 Å². The lowest BCUT2D eigenvalue weighted by molar-refractivity contribution is 0.0650. The van der Waals surface area contributed by atoms with Gasteiger partial charge in [-0.05, 0) is 31.7 Å². The van der Waals surface area contributed by atoms with Crippen LogP contribution in [0.2, 0.25) is 0 Å². The molecular weight excluding hydrogens is 268 g/mol. The van der Waals surface area contributed by atoms with E-state index in [1.54, 1.807) is 0 Å². The SMILES string of the molecule is Cc1cc(C)n(CCCNC(=O)NCC(O)C(C)(C)C)n1. The van der Waals surface area contributed by atoms with Gasteiger partial charge < -0.3 is 15.7 Å². The molecule has 0 saturated carbocycles. The molecule has 1 atom stereocenters. The summed E-state index contributed by atoms with van der Waals surface area (Å²) in [5.41, 5.74) is 1.91. The first-order chi connectivity index (χ1) is 9.70. The first-order valence-electron chi connectivity index (χ1n) is 7.41. The molecule has 1 unspecified atom stereocenters. The van der Waals surface area contributed by atoms with E-state index in [0.29, 0.717) is 6.54 Å². The molecule has 0 radical (unpaired) electrons. The number of aryl methyl sites for hydroxylation is 3. The van der Waals surface area contributed by atoms with Crippen LogP contribution in [0.15, 0.2) is 6.07 Å². The molecular formula is C15H28N4O2. The molecule has 0 aliphatic heterocycles. The van der Waals surface area contributed by atoms with Crippen molar-refractivity contribution in [3.05, 3.63) is 17.5 Å². The smallest absolute Gasteiger partial charge is 0.314 e. The van der Waals surface area contributed by atoms with Crippen molar-refractivity contribution < 1.29 is 9.90 Å². The fraction of sp³-hybridized carbons (Fsp3) is 0.733. The lowest BCUT2D eigenvalue weighted by atomic mass is 9.89. The fourth-order valence-corrected chi connectivity index (χ4v) is 1.89. The van der Waals surface area contributed by atoms with Crippen LogP contribution in [-0.2, 0) is 6.54 Å². The second-order valence-corrected chi connectivity index (χ2v) is 6.52. The molecule has 120 valence electrons. The summed E-state index contributed by atoms with van der Waals surface area (Å²) in [7, 11) is 0. The van der Waals surface area contributed by atoms with Crippen molar-refractivity contribution in [2.24, 2.45) is 5.41 Å². The number of hydrogen-bond donors (Lipinski definition) is 3. The first-order valence-corrected chi connectivity index (χ1v) is 7.41. The van der Waals surface area contributed by atoms with Crippen LogP contribution in [-0.4, -0.2) is 40.1 Å². The Morgan fingerprint density at radius 3 is 2.57 bits per heavy atom. The third-order valence-corrected chi connectivity index (χ3v) is 3.39. The molecule has 0 aliphatic rings. The topological polar surface area (TPSA) is 79.2 Å². The van der Waals surface area contributed by atoms with Crippen LogP contribution in [0.1, 0.15) is 38.6 Å². The van der Waals surface area contributed by atoms with E-state index in [9.17, 15) is 9.90 Å². The minimum absolute atomic E-state index is 0.233. The molecule has 1 aromatic rings. The maximum atomic E-state index is 11.6. The average Bonchev–Trinajstić information content (AvgIpc) is 2.69. The van der Waals surface area contributed by atoms with Crippen LogP contribution in [0.5, 0.6) is 0 Å². The summed E-state index contributed by atoms with van der Waals surface area (Å²) >= 11 is 0. The van der Waals surface area contributed by atoms with Gasteiger partial charge in [-0.25, -0.2) is 4.79 Å². The standard InChI is InChI=1S/C15H28N4O2/c1-11-9-12(2)19(18-11)8-6-7-16-14(21)17-10-13(20)15(3,4)5/h9,13,20H,6-8,10H2,1-5H3,(H2,16,17,21). The van der Waals surface area contributed by atoms with E-state index < -0.39 is 6.10 Å². The minimum Gasteiger partial charge on any atom is -0.391 e. The van der Waals surface area contributed by atoms with E-state index in [2.05, 4.69) is 15.7 Å². The highest BCUT2D eigenvalue weighted by Gasteiger charge is 2.22. The molecule has 0 saturated heterocycles. The second-order valence-electron chi connectivity index (χ2n) is 6.52. The highest BCUT2D eigenvalue weighted by atomic mass is 16.3. The van der Waals surface area contributed by atoms with E-state index >= 15 is 0 Å². The molecule has 6 heteroatoms. The van der Waals surface area contributed by atoms with E-state index in [4.69, 9.17) is 0 Å². The molecule has 0 bridgehead atoms. The third-order valence-electron chi connectivity index (χ3n) is 3.39. The van der Waals surface area contributed by atoms with Gasteiger partial charge in [-0.1, -0.05) is 20.8 Å². The van der Waals surface area contributed by atoms with Crippen LogP contribution < -0.4 is 10.6 Å². The van der Waals surface area contributed by atoms with Gasteiger partial charge in [-0.2, -0.15) is 5.10 Å². The summed E-state index contributed by atoms with van der Waals surface area (Å²) < 4.78 is 1.94. The molecule has 0 aromatic carbocycles. The first kappa shape index (κ1) is 17.5. The monoisotopic (exact) mass is 296 g/mol. The van der Waals surface area contributed by atoms with E-state index in [0.717, 1.165) is 24.4 Å². The minimum atomic E-state index is -0.557. The zero-order valence-corrected chi connectivity index (χ0v) is 13.7. The van der Waals surface area contributed by atoms with Crippen molar-refractivity contribution >= 4 is 6.03 Å². The molecule has 0 spiro atoms. The molecule has 1 heterocycles. The Bertz CT molecular complexity index is 463. The van der Waals surface area contributed by atoms with Gasteiger partial charge in [0.25, 0.3) is 0 Å². The van der Waals surface area contributed by atoms with E-state index in [1.807, 2.05) is 45.4 Å². The van der Waals surface area contributed by atoms with Gasteiger partial charge >= 0.3 is 6.03 Å². The second kappa shape index (κ2) is 7.45. The van der Waals surface area contributed by atoms with Crippen molar-refractivity contribution in [1.29, 1.82) is 0 Å². The number of aliphatic hydroxyl groups is 1. The number of carbonyl (C=O) groups excluding carboxylic acids is 1. The van der Waals surface area contributed by atoms with Gasteiger partial charge in [0, 0.05) is 25.3 Å². The van der Waals surface area contributed by atoms with Crippen molar-refractivity contribution in [2.45, 2.75) is 53.7 Å². The maximum Gasteiger partial charge on any atom is 0.314 e. The molecule has 0 aliphatic carbocycles. The number of amides is 2. The Kier molecular flexibility index (Phi) is 6.20. The highest BCUT2D eigenvalue weighted by Crippen LogP contribution is 2.17. The predicted octanol–water partition coefficient (Wildman–Crippen LogP) is 1.60. The number of carbonyl (C=O) groups is 1. The molecule has 21 heavy (non-hydrogen) atoms. The number of hydrogen-bond acceptors (Lipinski definition) is 3. The molecule has 1 rings (SSSR count). The van der Waals surface area contributed by atoms with Crippen molar-refractivity contribution in [1.82, 2.24) is 20.4 Å². The Morgan fingerprint density at radius 1 is 1.38 bits per heavy atom. The highest BCUT2D eigenvalue weighted by molar-refractivity contribution is 5.73. The summed E-state index contributed by atoms with van der Waals surface area (Å²) in [4.78, 5) is 11.6. The van der Waals surface area contributed by atoms with Crippen molar-refractivity contribution in [2.75, 3.05) is 13.1 Å². The molecule has 0 fully saturated rings. The lowest BCUT2D eigenvalue weighted by Crippen LogP contribution is -2.43. The Morgan fingerprint density at radius 2 is 2.05 bits per heavy atom. The quantitative estimate of drug-likeness (QED) is 0.698. The fourth-order valence-electron chi connectivity index (χ4n) is 1.89. The van der Waals surface area contributed by atoms with E-state index in [1.165, 1.54) is 0 Å². The lowest BCUT2D eigenvalue weighted by Gasteiger charge is -2.25. The summed E-state index contributed by atoms with van der Waals surface area (Å²) in [5, 5.41) is 19.7. The summed E-state index contributed by atoms with van der Waals surface area (Å²) in [6.07, 6.45) is 0.259. The third kappa shape index (κ3) is 6.16. The molecule has 3 N–H and O–H groups in total. The van der Waals surface area contributed by atoms with Crippen molar-refractivity contribution in [3.63, 3.8) is 0 Å². The van der Waals surface area contributed by atoms with Crippen LogP contribution in [0, 0.1) is 19.3 Å². The van der Waals surface area contributed by atoms with Crippen LogP contribution in [0.4, 0.5) is 4.79 Å². The Labute approximate surface area is 126 Å². The van der Waals surface area contributed by atoms with Gasteiger partial charge in [-0.3, -0.25) is 4.68 Å². The van der Waals surface area contributed by atoms with Gasteiger partial charge in [0.2, 0.25) is 0 Å². The van der Waals surface area contributed by atoms with Crippen molar-refractivity contribution in [3.8, 4) is 0 Å². The number of nitrogens with zero attached hydrogens (tertiary/aromatic N) is 2. The number of aromatic nitrogens is 2. The zero-order valence-electron chi connectivity index (χ0n) is 13.7. The Hall–Kier alpha value is -1.56.